The zero-order valence-corrected chi connectivity index (χ0v) is 10.3. The number of aliphatic hydroxyl groups excluding tert-OH is 1. The molecular weight excluding hydrogens is 236 g/mol. The predicted molar refractivity (Wildman–Crippen MR) is 77.3 cm³/mol. The molecular formula is C16H14N2O. The van der Waals surface area contributed by atoms with Crippen molar-refractivity contribution in [3.8, 4) is 0 Å². The van der Waals surface area contributed by atoms with E-state index in [1.54, 1.807) is 6.21 Å². The van der Waals surface area contributed by atoms with Crippen molar-refractivity contribution in [1.82, 2.24) is 5.43 Å². The fourth-order valence-corrected chi connectivity index (χ4v) is 2.23. The summed E-state index contributed by atoms with van der Waals surface area (Å²) >= 11 is 0. The zero-order chi connectivity index (χ0) is 13.1. The topological polar surface area (TPSA) is 44.6 Å². The van der Waals surface area contributed by atoms with E-state index in [-0.39, 0.29) is 0 Å². The van der Waals surface area contributed by atoms with Crippen LogP contribution in [0.2, 0.25) is 0 Å². The first-order valence-electron chi connectivity index (χ1n) is 6.18. The van der Waals surface area contributed by atoms with Gasteiger partial charge in [-0.3, -0.25) is 5.43 Å². The molecule has 3 rings (SSSR count). The van der Waals surface area contributed by atoms with Crippen LogP contribution in [-0.2, 0) is 0 Å². The number of nitrogens with one attached hydrogen (secondary N) is 1. The van der Waals surface area contributed by atoms with Gasteiger partial charge < -0.3 is 5.11 Å². The Kier molecular flexibility index (Phi) is 3.12. The highest BCUT2D eigenvalue weighted by Crippen LogP contribution is 2.29. The molecule has 3 nitrogen and oxygen atoms in total. The molecule has 0 saturated heterocycles. The quantitative estimate of drug-likeness (QED) is 0.860. The normalized spacial score (nSPS) is 18.3. The number of hydrogen-bond acceptors (Lipinski definition) is 3. The summed E-state index contributed by atoms with van der Waals surface area (Å²) in [6.45, 7) is 0. The van der Waals surface area contributed by atoms with Crippen molar-refractivity contribution in [2.45, 2.75) is 6.23 Å². The summed E-state index contributed by atoms with van der Waals surface area (Å²) in [6.07, 6.45) is 0.965. The lowest BCUT2D eigenvalue weighted by Crippen LogP contribution is -2.29. The summed E-state index contributed by atoms with van der Waals surface area (Å²) in [5.74, 6) is 0. The molecule has 2 aromatic carbocycles. The Morgan fingerprint density at radius 1 is 0.842 bits per heavy atom. The van der Waals surface area contributed by atoms with Gasteiger partial charge in [-0.2, -0.15) is 5.10 Å². The van der Waals surface area contributed by atoms with Crippen LogP contribution in [0.1, 0.15) is 11.1 Å². The molecule has 0 aliphatic carbocycles. The van der Waals surface area contributed by atoms with Crippen LogP contribution in [0.4, 0.5) is 0 Å². The van der Waals surface area contributed by atoms with E-state index in [9.17, 15) is 5.11 Å². The minimum atomic E-state index is -0.789. The van der Waals surface area contributed by atoms with E-state index in [0.717, 1.165) is 22.3 Å². The second kappa shape index (κ2) is 5.08. The fourth-order valence-electron chi connectivity index (χ4n) is 2.23. The van der Waals surface area contributed by atoms with Crippen LogP contribution in [0.25, 0.3) is 11.1 Å². The van der Waals surface area contributed by atoms with Gasteiger partial charge in [0.05, 0.1) is 6.21 Å². The van der Waals surface area contributed by atoms with Crippen LogP contribution < -0.4 is 5.43 Å². The summed E-state index contributed by atoms with van der Waals surface area (Å²) in [6, 6.07) is 19.8. The third-order valence-electron chi connectivity index (χ3n) is 3.12. The Bertz CT molecular complexity index is 618. The van der Waals surface area contributed by atoms with Gasteiger partial charge in [-0.05, 0) is 11.1 Å². The third kappa shape index (κ3) is 2.28. The highest BCUT2D eigenvalue weighted by molar-refractivity contribution is 6.20. The molecule has 0 saturated carbocycles. The Morgan fingerprint density at radius 3 is 2.05 bits per heavy atom. The maximum Gasteiger partial charge on any atom is 0.166 e. The van der Waals surface area contributed by atoms with Crippen LogP contribution in [0.15, 0.2) is 65.8 Å². The average molecular weight is 250 g/mol. The van der Waals surface area contributed by atoms with Gasteiger partial charge in [0.2, 0.25) is 0 Å². The summed E-state index contributed by atoms with van der Waals surface area (Å²) in [7, 11) is 0. The number of rotatable bonds is 2. The number of allylic oxidation sites excluding steroid dienone is 1. The van der Waals surface area contributed by atoms with Crippen molar-refractivity contribution in [3.63, 3.8) is 0 Å². The van der Waals surface area contributed by atoms with Crippen molar-refractivity contribution in [1.29, 1.82) is 0 Å². The van der Waals surface area contributed by atoms with E-state index in [2.05, 4.69) is 10.5 Å². The lowest BCUT2D eigenvalue weighted by Gasteiger charge is -2.22. The minimum absolute atomic E-state index is 0.789. The molecule has 1 heterocycles. The third-order valence-corrected chi connectivity index (χ3v) is 3.12. The molecule has 0 spiro atoms. The Morgan fingerprint density at radius 2 is 1.42 bits per heavy atom. The van der Waals surface area contributed by atoms with E-state index in [4.69, 9.17) is 0 Å². The molecule has 1 aliphatic heterocycles. The number of hydrogen-bond donors (Lipinski definition) is 2. The van der Waals surface area contributed by atoms with Gasteiger partial charge in [-0.25, -0.2) is 0 Å². The molecule has 1 aliphatic rings. The SMILES string of the molecule is OC1NN=CC(c2ccccc2)=C1c1ccccc1. The molecule has 0 radical (unpaired) electrons. The van der Waals surface area contributed by atoms with Gasteiger partial charge >= 0.3 is 0 Å². The predicted octanol–water partition coefficient (Wildman–Crippen LogP) is 2.50. The largest absolute Gasteiger partial charge is 0.368 e. The van der Waals surface area contributed by atoms with E-state index in [1.807, 2.05) is 60.7 Å². The van der Waals surface area contributed by atoms with Gasteiger partial charge in [0, 0.05) is 11.1 Å². The Hall–Kier alpha value is -2.39. The molecule has 19 heavy (non-hydrogen) atoms. The Labute approximate surface area is 111 Å². The van der Waals surface area contributed by atoms with E-state index in [0.29, 0.717) is 0 Å². The fraction of sp³-hybridized carbons (Fsp3) is 0.0625. The minimum Gasteiger partial charge on any atom is -0.368 e. The lowest BCUT2D eigenvalue weighted by atomic mass is 9.93. The van der Waals surface area contributed by atoms with Crippen molar-refractivity contribution in [3.05, 3.63) is 71.8 Å². The van der Waals surface area contributed by atoms with Gasteiger partial charge in [0.1, 0.15) is 0 Å². The number of hydrazone groups is 1. The van der Waals surface area contributed by atoms with E-state index < -0.39 is 6.23 Å². The van der Waals surface area contributed by atoms with Gasteiger partial charge in [0.25, 0.3) is 0 Å². The molecule has 0 bridgehead atoms. The van der Waals surface area contributed by atoms with Crippen LogP contribution in [0.3, 0.4) is 0 Å². The first kappa shape index (κ1) is 11.7. The maximum atomic E-state index is 10.2. The van der Waals surface area contributed by atoms with Crippen LogP contribution >= 0.6 is 0 Å². The smallest absolute Gasteiger partial charge is 0.166 e. The zero-order valence-electron chi connectivity index (χ0n) is 10.3. The van der Waals surface area contributed by atoms with E-state index >= 15 is 0 Å². The summed E-state index contributed by atoms with van der Waals surface area (Å²) in [5.41, 5.74) is 6.53. The lowest BCUT2D eigenvalue weighted by molar-refractivity contribution is 0.196. The van der Waals surface area contributed by atoms with Gasteiger partial charge in [0.15, 0.2) is 6.23 Å². The standard InChI is InChI=1S/C16H14N2O/c19-16-15(13-9-5-2-6-10-13)14(11-17-18-16)12-7-3-1-4-8-12/h1-11,16,18-19H. The van der Waals surface area contributed by atoms with Crippen LogP contribution in [-0.4, -0.2) is 17.5 Å². The van der Waals surface area contributed by atoms with Gasteiger partial charge in [-0.1, -0.05) is 60.7 Å². The molecule has 2 aromatic rings. The summed E-state index contributed by atoms with van der Waals surface area (Å²) in [4.78, 5) is 0. The van der Waals surface area contributed by atoms with Crippen molar-refractivity contribution >= 4 is 17.4 Å². The van der Waals surface area contributed by atoms with Crippen molar-refractivity contribution in [2.24, 2.45) is 5.10 Å². The second-order valence-electron chi connectivity index (χ2n) is 4.35. The van der Waals surface area contributed by atoms with Crippen molar-refractivity contribution < 1.29 is 5.11 Å². The molecule has 1 atom stereocenters. The number of aliphatic hydroxyl groups is 1. The molecule has 0 aromatic heterocycles. The average Bonchev–Trinajstić information content (AvgIpc) is 2.49. The maximum absolute atomic E-state index is 10.2. The highest BCUT2D eigenvalue weighted by Gasteiger charge is 2.20. The molecule has 94 valence electrons. The molecule has 2 N–H and O–H groups in total. The molecule has 0 amide bonds. The monoisotopic (exact) mass is 250 g/mol. The first-order valence-corrected chi connectivity index (χ1v) is 6.18. The molecule has 3 heteroatoms. The number of benzene rings is 2. The Balaban J connectivity index is 2.18. The van der Waals surface area contributed by atoms with Crippen LogP contribution in [0, 0.1) is 0 Å². The summed E-state index contributed by atoms with van der Waals surface area (Å²) in [5, 5.41) is 14.2. The van der Waals surface area contributed by atoms with Crippen LogP contribution in [0.5, 0.6) is 0 Å². The van der Waals surface area contributed by atoms with Crippen molar-refractivity contribution in [2.75, 3.05) is 0 Å². The molecule has 0 fully saturated rings. The first-order chi connectivity index (χ1) is 9.36. The van der Waals surface area contributed by atoms with E-state index in [1.165, 1.54) is 0 Å². The van der Waals surface area contributed by atoms with Gasteiger partial charge in [-0.15, -0.1) is 0 Å². The highest BCUT2D eigenvalue weighted by atomic mass is 16.3. The molecule has 1 unspecified atom stereocenters. The number of nitrogens with zero attached hydrogens (tertiary/aromatic N) is 1. The summed E-state index contributed by atoms with van der Waals surface area (Å²) < 4.78 is 0. The second-order valence-corrected chi connectivity index (χ2v) is 4.35.